The summed E-state index contributed by atoms with van der Waals surface area (Å²) in [5.74, 6) is -1.80. The Kier molecular flexibility index (Phi) is 8.24. The minimum atomic E-state index is -4.47. The van der Waals surface area contributed by atoms with Gasteiger partial charge in [0.25, 0.3) is 0 Å². The fraction of sp³-hybridized carbons (Fsp3) is 0.172. The fourth-order valence-corrected chi connectivity index (χ4v) is 4.03. The molecule has 1 amide bonds. The van der Waals surface area contributed by atoms with Gasteiger partial charge in [0, 0.05) is 49.7 Å². The topological polar surface area (TPSA) is 88.3 Å². The van der Waals surface area contributed by atoms with E-state index in [1.165, 1.54) is 33.9 Å². The normalized spacial score (nSPS) is 12.4. The molecule has 0 saturated heterocycles. The van der Waals surface area contributed by atoms with E-state index in [1.807, 2.05) is 30.3 Å². The summed E-state index contributed by atoms with van der Waals surface area (Å²) in [4.78, 5) is 31.3. The summed E-state index contributed by atoms with van der Waals surface area (Å²) in [5, 5.41) is 14.2. The number of benzene rings is 2. The van der Waals surface area contributed by atoms with E-state index in [-0.39, 0.29) is 13.0 Å². The minimum Gasteiger partial charge on any atom is -0.480 e. The number of hydrogen-bond donors (Lipinski definition) is 1. The molecule has 4 aromatic rings. The molecule has 0 aliphatic rings. The minimum absolute atomic E-state index is 0.00645. The van der Waals surface area contributed by atoms with Gasteiger partial charge in [0.15, 0.2) is 0 Å². The van der Waals surface area contributed by atoms with Gasteiger partial charge in [0.2, 0.25) is 5.91 Å². The predicted molar refractivity (Wildman–Crippen MR) is 139 cm³/mol. The summed E-state index contributed by atoms with van der Waals surface area (Å²) in [6, 6.07) is 17.6. The first-order chi connectivity index (χ1) is 18.6. The molecule has 10 heteroatoms. The number of rotatable bonds is 9. The second-order valence-electron chi connectivity index (χ2n) is 8.84. The number of aromatic nitrogens is 3. The van der Waals surface area contributed by atoms with Gasteiger partial charge in [-0.15, -0.1) is 0 Å². The van der Waals surface area contributed by atoms with E-state index >= 15 is 0 Å². The molecule has 2 heterocycles. The number of alkyl halides is 3. The number of nitrogens with zero attached hydrogens (tertiary/aromatic N) is 4. The number of aryl methyl sites for hydroxylation is 1. The Morgan fingerprint density at radius 1 is 1.00 bits per heavy atom. The van der Waals surface area contributed by atoms with Crippen molar-refractivity contribution in [3.63, 3.8) is 0 Å². The number of halogens is 3. The number of carbonyl (C=O) groups excluding carboxylic acids is 1. The van der Waals surface area contributed by atoms with Gasteiger partial charge < -0.3 is 10.0 Å². The lowest BCUT2D eigenvalue weighted by Crippen LogP contribution is -2.45. The summed E-state index contributed by atoms with van der Waals surface area (Å²) in [5.41, 5.74) is 2.53. The van der Waals surface area contributed by atoms with Crippen LogP contribution in [0.4, 0.5) is 13.2 Å². The van der Waals surface area contributed by atoms with Gasteiger partial charge >= 0.3 is 12.1 Å². The van der Waals surface area contributed by atoms with Crippen LogP contribution in [0, 0.1) is 0 Å². The quantitative estimate of drug-likeness (QED) is 0.297. The van der Waals surface area contributed by atoms with Gasteiger partial charge in [-0.1, -0.05) is 42.5 Å². The molecular weight excluding hydrogens is 509 g/mol. The van der Waals surface area contributed by atoms with Crippen molar-refractivity contribution >= 4 is 18.0 Å². The van der Waals surface area contributed by atoms with E-state index in [2.05, 4.69) is 10.1 Å². The third kappa shape index (κ3) is 6.98. The number of carbonyl (C=O) groups is 2. The van der Waals surface area contributed by atoms with Gasteiger partial charge in [-0.3, -0.25) is 14.5 Å². The highest BCUT2D eigenvalue weighted by atomic mass is 19.4. The lowest BCUT2D eigenvalue weighted by Gasteiger charge is -2.28. The molecule has 39 heavy (non-hydrogen) atoms. The van der Waals surface area contributed by atoms with Gasteiger partial charge in [-0.25, -0.2) is 4.79 Å². The van der Waals surface area contributed by atoms with Crippen molar-refractivity contribution < 1.29 is 27.9 Å². The Hall–Kier alpha value is -4.73. The number of carboxylic acid groups (broad SMARTS) is 1. The van der Waals surface area contributed by atoms with Crippen LogP contribution in [0.25, 0.3) is 17.3 Å². The lowest BCUT2D eigenvalue weighted by atomic mass is 10.1. The van der Waals surface area contributed by atoms with Crippen LogP contribution in [0.2, 0.25) is 0 Å². The van der Waals surface area contributed by atoms with Crippen LogP contribution in [-0.4, -0.2) is 42.7 Å². The zero-order chi connectivity index (χ0) is 28.0. The summed E-state index contributed by atoms with van der Waals surface area (Å²) >= 11 is 0. The molecule has 1 atom stereocenters. The maximum Gasteiger partial charge on any atom is 0.416 e. The van der Waals surface area contributed by atoms with Crippen molar-refractivity contribution in [3.8, 4) is 11.3 Å². The maximum absolute atomic E-state index is 13.4. The molecule has 200 valence electrons. The fourth-order valence-electron chi connectivity index (χ4n) is 4.03. The van der Waals surface area contributed by atoms with E-state index < -0.39 is 29.7 Å². The van der Waals surface area contributed by atoms with Gasteiger partial charge in [-0.2, -0.15) is 18.3 Å². The van der Waals surface area contributed by atoms with Crippen molar-refractivity contribution in [1.29, 1.82) is 0 Å². The van der Waals surface area contributed by atoms with E-state index in [4.69, 9.17) is 0 Å². The second kappa shape index (κ2) is 11.8. The van der Waals surface area contributed by atoms with Crippen LogP contribution < -0.4 is 0 Å². The Bertz CT molecular complexity index is 1450. The zero-order valence-electron chi connectivity index (χ0n) is 20.9. The highest BCUT2D eigenvalue weighted by molar-refractivity contribution is 5.94. The first-order valence-electron chi connectivity index (χ1n) is 12.0. The Balaban J connectivity index is 1.61. The van der Waals surface area contributed by atoms with E-state index in [9.17, 15) is 27.9 Å². The standard InChI is InChI=1S/C29H25F3N4O3/c1-35-24(15-17-34-35)18-26(28(38)39)36(19-21-5-10-22(11-6-21)25-4-2-3-16-33-25)27(37)14-9-20-7-12-23(13-8-20)29(30,31)32/h2-17,26H,18-19H2,1H3,(H,38,39). The molecular formula is C29H25F3N4O3. The van der Waals surface area contributed by atoms with Crippen LogP contribution in [0.15, 0.2) is 91.3 Å². The van der Waals surface area contributed by atoms with Crippen molar-refractivity contribution in [1.82, 2.24) is 19.7 Å². The molecule has 0 radical (unpaired) electrons. The molecule has 2 aromatic carbocycles. The Labute approximate surface area is 222 Å². The van der Waals surface area contributed by atoms with Crippen molar-refractivity contribution in [2.75, 3.05) is 0 Å². The number of amides is 1. The smallest absolute Gasteiger partial charge is 0.416 e. The van der Waals surface area contributed by atoms with Gasteiger partial charge in [-0.05, 0) is 47.5 Å². The molecule has 0 spiro atoms. The largest absolute Gasteiger partial charge is 0.480 e. The van der Waals surface area contributed by atoms with E-state index in [0.29, 0.717) is 16.8 Å². The molecule has 2 aromatic heterocycles. The van der Waals surface area contributed by atoms with Gasteiger partial charge in [0.05, 0.1) is 11.3 Å². The number of carboxylic acids is 1. The lowest BCUT2D eigenvalue weighted by molar-refractivity contribution is -0.149. The third-order valence-electron chi connectivity index (χ3n) is 6.19. The number of aliphatic carboxylic acids is 1. The second-order valence-corrected chi connectivity index (χ2v) is 8.84. The average Bonchev–Trinajstić information content (AvgIpc) is 3.33. The highest BCUT2D eigenvalue weighted by Crippen LogP contribution is 2.29. The number of hydrogen-bond acceptors (Lipinski definition) is 4. The van der Waals surface area contributed by atoms with Crippen molar-refractivity contribution in [2.45, 2.75) is 25.2 Å². The van der Waals surface area contributed by atoms with E-state index in [0.717, 1.165) is 23.4 Å². The third-order valence-corrected chi connectivity index (χ3v) is 6.19. The highest BCUT2D eigenvalue weighted by Gasteiger charge is 2.31. The average molecular weight is 535 g/mol. The van der Waals surface area contributed by atoms with Crippen molar-refractivity contribution in [2.24, 2.45) is 7.05 Å². The molecule has 0 saturated carbocycles. The van der Waals surface area contributed by atoms with Crippen LogP contribution in [0.3, 0.4) is 0 Å². The van der Waals surface area contributed by atoms with Crippen LogP contribution in [0.1, 0.15) is 22.4 Å². The van der Waals surface area contributed by atoms with Crippen molar-refractivity contribution in [3.05, 3.63) is 114 Å². The first-order valence-corrected chi connectivity index (χ1v) is 12.0. The summed E-state index contributed by atoms with van der Waals surface area (Å²) in [7, 11) is 1.68. The Morgan fingerprint density at radius 3 is 2.28 bits per heavy atom. The molecule has 1 unspecified atom stereocenters. The zero-order valence-corrected chi connectivity index (χ0v) is 20.9. The van der Waals surface area contributed by atoms with Crippen LogP contribution >= 0.6 is 0 Å². The van der Waals surface area contributed by atoms with E-state index in [1.54, 1.807) is 37.6 Å². The van der Waals surface area contributed by atoms with Gasteiger partial charge in [0.1, 0.15) is 6.04 Å². The monoisotopic (exact) mass is 534 g/mol. The molecule has 1 N–H and O–H groups in total. The molecule has 0 bridgehead atoms. The molecule has 0 aliphatic heterocycles. The first kappa shape index (κ1) is 27.3. The van der Waals surface area contributed by atoms with Crippen LogP contribution in [-0.2, 0) is 35.8 Å². The summed E-state index contributed by atoms with van der Waals surface area (Å²) in [6.45, 7) is -0.00645. The maximum atomic E-state index is 13.4. The molecule has 7 nitrogen and oxygen atoms in total. The van der Waals surface area contributed by atoms with Crippen LogP contribution in [0.5, 0.6) is 0 Å². The summed E-state index contributed by atoms with van der Waals surface area (Å²) in [6.07, 6.45) is 1.30. The molecule has 0 aliphatic carbocycles. The summed E-state index contributed by atoms with van der Waals surface area (Å²) < 4.78 is 40.2. The number of pyridine rings is 1. The Morgan fingerprint density at radius 2 is 1.72 bits per heavy atom. The SMILES string of the molecule is Cn1nccc1CC(C(=O)O)N(Cc1ccc(-c2ccccn2)cc1)C(=O)C=Cc1ccc(C(F)(F)F)cc1. The predicted octanol–water partition coefficient (Wildman–Crippen LogP) is 5.24. The molecule has 4 rings (SSSR count). The molecule has 0 fully saturated rings.